The van der Waals surface area contributed by atoms with E-state index in [0.717, 1.165) is 64.2 Å². The molecule has 0 heterocycles. The van der Waals surface area contributed by atoms with Gasteiger partial charge < -0.3 is 24.6 Å². The second-order valence-electron chi connectivity index (χ2n) is 15.4. The minimum absolute atomic E-state index is 0.177. The SMILES string of the molecule is CCC/C=C\C/C=C\CCCCCCCC(=O)OC(CO)COP(=O)(O)OCC(CO)OC(=O)CCCCCCCCCCCCCCCCCCCCCC. The zero-order chi connectivity index (χ0) is 41.2. The van der Waals surface area contributed by atoms with E-state index in [-0.39, 0.29) is 12.8 Å². The molecule has 10 nitrogen and oxygen atoms in total. The van der Waals surface area contributed by atoms with Gasteiger partial charge in [-0.2, -0.15) is 0 Å². The summed E-state index contributed by atoms with van der Waals surface area (Å²) in [4.78, 5) is 34.5. The first-order valence-corrected chi connectivity index (χ1v) is 24.3. The summed E-state index contributed by atoms with van der Waals surface area (Å²) < 4.78 is 32.6. The van der Waals surface area contributed by atoms with E-state index in [1.165, 1.54) is 109 Å². The number of rotatable bonds is 43. The second-order valence-corrected chi connectivity index (χ2v) is 16.8. The molecule has 0 aliphatic carbocycles. The number of phosphoric ester groups is 1. The smallest absolute Gasteiger partial charge is 0.457 e. The number of hydrogen-bond donors (Lipinski definition) is 3. The quantitative estimate of drug-likeness (QED) is 0.0235. The number of phosphoric acid groups is 1. The predicted octanol–water partition coefficient (Wildman–Crippen LogP) is 12.2. The monoisotopic (exact) mass is 817 g/mol. The van der Waals surface area contributed by atoms with Gasteiger partial charge in [0.1, 0.15) is 12.2 Å². The Morgan fingerprint density at radius 2 is 0.821 bits per heavy atom. The van der Waals surface area contributed by atoms with Crippen molar-refractivity contribution in [3.63, 3.8) is 0 Å². The summed E-state index contributed by atoms with van der Waals surface area (Å²) in [5.41, 5.74) is 0. The summed E-state index contributed by atoms with van der Waals surface area (Å²) in [5, 5.41) is 19.2. The Hall–Kier alpha value is -1.55. The maximum atomic E-state index is 12.4. The Labute approximate surface area is 342 Å². The molecule has 0 saturated heterocycles. The van der Waals surface area contributed by atoms with Crippen molar-refractivity contribution in [3.8, 4) is 0 Å². The molecule has 0 spiro atoms. The average Bonchev–Trinajstić information content (AvgIpc) is 3.19. The van der Waals surface area contributed by atoms with Gasteiger partial charge in [0.15, 0.2) is 0 Å². The molecule has 0 amide bonds. The van der Waals surface area contributed by atoms with Gasteiger partial charge in [0, 0.05) is 12.8 Å². The summed E-state index contributed by atoms with van der Waals surface area (Å²) in [6.07, 6.45) is 41.6. The highest BCUT2D eigenvalue weighted by atomic mass is 31.2. The number of ether oxygens (including phenoxy) is 2. The van der Waals surface area contributed by atoms with Crippen molar-refractivity contribution < 1.29 is 47.8 Å². The number of aliphatic hydroxyl groups excluding tert-OH is 2. The standard InChI is InChI=1S/C45H85O10P/c1-3-5-7-9-11-13-15-17-18-19-20-21-22-23-25-27-29-31-33-35-37-45(49)55-43(39-47)41-53-56(50,51)52-40-42(38-46)54-44(48)36-34-32-30-28-26-24-16-14-12-10-8-6-4-2/h8,10,14,16,42-43,46-47H,3-7,9,11-13,15,17-41H2,1-2H3,(H,50,51)/b10-8-,16-14-. The fraction of sp³-hybridized carbons (Fsp3) is 0.867. The van der Waals surface area contributed by atoms with Gasteiger partial charge in [0.25, 0.3) is 0 Å². The lowest BCUT2D eigenvalue weighted by Gasteiger charge is -2.20. The van der Waals surface area contributed by atoms with Crippen LogP contribution < -0.4 is 0 Å². The molecular weight excluding hydrogens is 731 g/mol. The first kappa shape index (κ1) is 54.5. The molecule has 330 valence electrons. The Bertz CT molecular complexity index is 988. The van der Waals surface area contributed by atoms with Crippen LogP contribution >= 0.6 is 7.82 Å². The summed E-state index contributed by atoms with van der Waals surface area (Å²) in [6, 6.07) is 0. The number of unbranched alkanes of at least 4 members (excludes halogenated alkanes) is 25. The summed E-state index contributed by atoms with van der Waals surface area (Å²) >= 11 is 0. The maximum absolute atomic E-state index is 12.4. The van der Waals surface area contributed by atoms with Gasteiger partial charge in [-0.1, -0.05) is 186 Å². The van der Waals surface area contributed by atoms with Gasteiger partial charge in [0.05, 0.1) is 26.4 Å². The van der Waals surface area contributed by atoms with Crippen LogP contribution in [0.2, 0.25) is 0 Å². The number of hydrogen-bond acceptors (Lipinski definition) is 9. The Morgan fingerprint density at radius 3 is 1.18 bits per heavy atom. The van der Waals surface area contributed by atoms with Crippen LogP contribution in [0.15, 0.2) is 24.3 Å². The fourth-order valence-electron chi connectivity index (χ4n) is 6.39. The van der Waals surface area contributed by atoms with Crippen molar-refractivity contribution in [1.82, 2.24) is 0 Å². The second kappa shape index (κ2) is 41.6. The van der Waals surface area contributed by atoms with E-state index >= 15 is 0 Å². The predicted molar refractivity (Wildman–Crippen MR) is 228 cm³/mol. The molecule has 0 saturated carbocycles. The van der Waals surface area contributed by atoms with E-state index in [1.807, 2.05) is 0 Å². The third-order valence-electron chi connectivity index (χ3n) is 9.90. The van der Waals surface area contributed by atoms with Crippen LogP contribution in [-0.4, -0.2) is 65.7 Å². The van der Waals surface area contributed by atoms with Crippen molar-refractivity contribution in [3.05, 3.63) is 24.3 Å². The van der Waals surface area contributed by atoms with Crippen LogP contribution in [0.3, 0.4) is 0 Å². The molecule has 0 aromatic rings. The molecule has 0 rings (SSSR count). The average molecular weight is 817 g/mol. The van der Waals surface area contributed by atoms with Crippen LogP contribution in [0.4, 0.5) is 0 Å². The molecule has 0 aliphatic rings. The zero-order valence-corrected chi connectivity index (χ0v) is 36.8. The van der Waals surface area contributed by atoms with Crippen molar-refractivity contribution >= 4 is 19.8 Å². The molecule has 0 aromatic carbocycles. The minimum Gasteiger partial charge on any atom is -0.457 e. The van der Waals surface area contributed by atoms with Crippen LogP contribution in [0.25, 0.3) is 0 Å². The third kappa shape index (κ3) is 39.3. The summed E-state index contributed by atoms with van der Waals surface area (Å²) in [7, 11) is -4.64. The number of aliphatic hydroxyl groups is 2. The zero-order valence-electron chi connectivity index (χ0n) is 35.9. The highest BCUT2D eigenvalue weighted by molar-refractivity contribution is 7.47. The van der Waals surface area contributed by atoms with E-state index in [4.69, 9.17) is 18.5 Å². The number of carbonyl (C=O) groups is 2. The lowest BCUT2D eigenvalue weighted by Crippen LogP contribution is -2.28. The Morgan fingerprint density at radius 1 is 0.482 bits per heavy atom. The molecule has 0 aliphatic heterocycles. The molecule has 3 atom stereocenters. The Kier molecular flexibility index (Phi) is 40.5. The number of carbonyl (C=O) groups excluding carboxylic acids is 2. The number of allylic oxidation sites excluding steroid dienone is 4. The van der Waals surface area contributed by atoms with Crippen molar-refractivity contribution in [2.24, 2.45) is 0 Å². The van der Waals surface area contributed by atoms with E-state index < -0.39 is 58.4 Å². The van der Waals surface area contributed by atoms with Gasteiger partial charge in [-0.15, -0.1) is 0 Å². The lowest BCUT2D eigenvalue weighted by molar-refractivity contribution is -0.153. The third-order valence-corrected chi connectivity index (χ3v) is 10.8. The number of esters is 2. The van der Waals surface area contributed by atoms with Crippen molar-refractivity contribution in [2.45, 2.75) is 225 Å². The van der Waals surface area contributed by atoms with Gasteiger partial charge in [-0.05, 0) is 38.5 Å². The van der Waals surface area contributed by atoms with Crippen molar-refractivity contribution in [2.75, 3.05) is 26.4 Å². The fourth-order valence-corrected chi connectivity index (χ4v) is 7.17. The van der Waals surface area contributed by atoms with E-state index in [1.54, 1.807) is 0 Å². The minimum atomic E-state index is -4.64. The highest BCUT2D eigenvalue weighted by Gasteiger charge is 2.27. The molecule has 0 radical (unpaired) electrons. The van der Waals surface area contributed by atoms with E-state index in [0.29, 0.717) is 12.8 Å². The topological polar surface area (TPSA) is 149 Å². The van der Waals surface area contributed by atoms with Crippen LogP contribution in [0.5, 0.6) is 0 Å². The normalized spacial score (nSPS) is 14.0. The van der Waals surface area contributed by atoms with Gasteiger partial charge >= 0.3 is 19.8 Å². The Balaban J connectivity index is 3.86. The lowest BCUT2D eigenvalue weighted by atomic mass is 10.0. The van der Waals surface area contributed by atoms with Crippen LogP contribution in [0.1, 0.15) is 213 Å². The molecule has 3 unspecified atom stereocenters. The van der Waals surface area contributed by atoms with Crippen LogP contribution in [-0.2, 0) is 32.7 Å². The van der Waals surface area contributed by atoms with Crippen LogP contribution in [0, 0.1) is 0 Å². The molecule has 0 bridgehead atoms. The van der Waals surface area contributed by atoms with Gasteiger partial charge in [0.2, 0.25) is 0 Å². The molecule has 11 heteroatoms. The summed E-state index contributed by atoms with van der Waals surface area (Å²) in [6.45, 7) is 2.15. The molecule has 0 aromatic heterocycles. The maximum Gasteiger partial charge on any atom is 0.472 e. The van der Waals surface area contributed by atoms with E-state index in [2.05, 4.69) is 38.2 Å². The molecule has 3 N–H and O–H groups in total. The molecule has 56 heavy (non-hydrogen) atoms. The molecule has 0 fully saturated rings. The van der Waals surface area contributed by atoms with Gasteiger partial charge in [-0.3, -0.25) is 18.6 Å². The first-order chi connectivity index (χ1) is 27.3. The first-order valence-electron chi connectivity index (χ1n) is 22.8. The largest absolute Gasteiger partial charge is 0.472 e. The summed E-state index contributed by atoms with van der Waals surface area (Å²) in [5.74, 6) is -1.03. The van der Waals surface area contributed by atoms with Crippen molar-refractivity contribution in [1.29, 1.82) is 0 Å². The highest BCUT2D eigenvalue weighted by Crippen LogP contribution is 2.43. The van der Waals surface area contributed by atoms with E-state index in [9.17, 15) is 29.3 Å². The molecular formula is C45H85O10P. The van der Waals surface area contributed by atoms with Gasteiger partial charge in [-0.25, -0.2) is 4.57 Å².